The number of nitrogens with zero attached hydrogens (tertiary/aromatic N) is 1. The number of carbonyl (C=O) groups is 4. The van der Waals surface area contributed by atoms with E-state index in [0.29, 0.717) is 11.6 Å². The van der Waals surface area contributed by atoms with Gasteiger partial charge in [0.05, 0.1) is 6.54 Å². The van der Waals surface area contributed by atoms with Gasteiger partial charge in [0.15, 0.2) is 0 Å². The number of β-lactam (4-membered cyclic amide) rings is 1. The minimum absolute atomic E-state index is 0.0997. The number of amidine groups is 1. The largest absolute Gasteiger partial charge is 0.480 e. The summed E-state index contributed by atoms with van der Waals surface area (Å²) in [5.41, 5.74) is 0.324. The maximum Gasteiger partial charge on any atom is 0.327 e. The molecule has 2 fully saturated rings. The molecule has 5 N–H and O–H groups in total. The molecule has 2 aliphatic rings. The number of benzene rings is 2. The zero-order valence-electron chi connectivity index (χ0n) is 20.3. The van der Waals surface area contributed by atoms with E-state index in [-0.39, 0.29) is 5.56 Å². The number of fused-ring (bicyclic) bond motifs is 1. The summed E-state index contributed by atoms with van der Waals surface area (Å²) in [4.78, 5) is 51.7. The first kappa shape index (κ1) is 27.0. The number of carboxylic acids is 1. The lowest BCUT2D eigenvalue weighted by molar-refractivity contribution is -0.161. The van der Waals surface area contributed by atoms with Crippen molar-refractivity contribution in [1.29, 1.82) is 5.41 Å². The van der Waals surface area contributed by atoms with E-state index in [1.54, 1.807) is 44.2 Å². The molecule has 4 rings (SSSR count). The van der Waals surface area contributed by atoms with E-state index in [9.17, 15) is 33.1 Å². The SMILES string of the molecule is CC1(C)S[C@@H]2C(NC(=O)C(NC(=O)CNC(=N)c3cc(F)cc(F)c3)c3ccccc3)C(=O)N2[C@H]1C(=O)O. The number of hydrogen-bond acceptors (Lipinski definition) is 6. The van der Waals surface area contributed by atoms with Crippen molar-refractivity contribution in [3.63, 3.8) is 0 Å². The van der Waals surface area contributed by atoms with Crippen LogP contribution in [0.2, 0.25) is 0 Å². The summed E-state index contributed by atoms with van der Waals surface area (Å²) < 4.78 is 26.1. The van der Waals surface area contributed by atoms with Crippen LogP contribution in [0.3, 0.4) is 0 Å². The summed E-state index contributed by atoms with van der Waals surface area (Å²) >= 11 is 1.28. The van der Waals surface area contributed by atoms with Crippen LogP contribution >= 0.6 is 11.8 Å². The van der Waals surface area contributed by atoms with Gasteiger partial charge in [0.2, 0.25) is 17.7 Å². The van der Waals surface area contributed by atoms with Crippen LogP contribution < -0.4 is 16.0 Å². The highest BCUT2D eigenvalue weighted by Gasteiger charge is 2.64. The third-order valence-electron chi connectivity index (χ3n) is 6.25. The molecule has 200 valence electrons. The predicted octanol–water partition coefficient (Wildman–Crippen LogP) is 1.37. The predicted molar refractivity (Wildman–Crippen MR) is 134 cm³/mol. The van der Waals surface area contributed by atoms with Crippen molar-refractivity contribution < 1.29 is 33.1 Å². The fourth-order valence-corrected chi connectivity index (χ4v) is 6.13. The van der Waals surface area contributed by atoms with Gasteiger partial charge in [-0.15, -0.1) is 11.8 Å². The molecule has 13 heteroatoms. The monoisotopic (exact) mass is 545 g/mol. The normalized spacial score (nSPS) is 22.1. The zero-order valence-corrected chi connectivity index (χ0v) is 21.1. The summed E-state index contributed by atoms with van der Waals surface area (Å²) in [7, 11) is 0. The standard InChI is InChI=1S/C25H25F2N5O5S/c1-25(2)19(24(36)37)32-22(35)18(23(32)38-25)31-21(34)17(12-6-4-3-5-7-12)30-16(33)11-29-20(28)13-8-14(26)10-15(27)9-13/h3-10,17-19,23H,11H2,1-2H3,(H2,28,29)(H,30,33)(H,31,34)(H,36,37)/t17?,18?,19-,23+/m0/s1. The quantitative estimate of drug-likeness (QED) is 0.191. The highest BCUT2D eigenvalue weighted by atomic mass is 32.2. The van der Waals surface area contributed by atoms with Crippen molar-refractivity contribution in [3.05, 3.63) is 71.3 Å². The maximum atomic E-state index is 13.4. The van der Waals surface area contributed by atoms with E-state index >= 15 is 0 Å². The summed E-state index contributed by atoms with van der Waals surface area (Å²) in [5, 5.41) is 24.6. The van der Waals surface area contributed by atoms with Gasteiger partial charge in [-0.3, -0.25) is 19.8 Å². The Bertz CT molecular complexity index is 1290. The molecule has 38 heavy (non-hydrogen) atoms. The molecular weight excluding hydrogens is 520 g/mol. The number of halogens is 2. The van der Waals surface area contributed by atoms with Gasteiger partial charge < -0.3 is 26.0 Å². The van der Waals surface area contributed by atoms with Gasteiger partial charge in [0, 0.05) is 16.4 Å². The summed E-state index contributed by atoms with van der Waals surface area (Å²) in [6, 6.07) is 7.60. The highest BCUT2D eigenvalue weighted by molar-refractivity contribution is 8.01. The van der Waals surface area contributed by atoms with E-state index in [4.69, 9.17) is 5.41 Å². The molecule has 2 aromatic rings. The molecule has 10 nitrogen and oxygen atoms in total. The molecule has 2 saturated heterocycles. The second-order valence-electron chi connectivity index (χ2n) is 9.38. The van der Waals surface area contributed by atoms with Gasteiger partial charge in [-0.1, -0.05) is 30.3 Å². The first-order valence-corrected chi connectivity index (χ1v) is 12.4. The van der Waals surface area contributed by atoms with Gasteiger partial charge in [0.25, 0.3) is 0 Å². The van der Waals surface area contributed by atoms with Crippen molar-refractivity contribution in [2.45, 2.75) is 42.1 Å². The minimum atomic E-state index is -1.21. The fraction of sp³-hybridized carbons (Fsp3) is 0.320. The lowest BCUT2D eigenvalue weighted by Crippen LogP contribution is -2.71. The lowest BCUT2D eigenvalue weighted by Gasteiger charge is -2.44. The third-order valence-corrected chi connectivity index (χ3v) is 7.82. The molecule has 2 unspecified atom stereocenters. The van der Waals surface area contributed by atoms with Crippen LogP contribution in [0.5, 0.6) is 0 Å². The molecule has 3 amide bonds. The first-order valence-electron chi connectivity index (χ1n) is 11.6. The Kier molecular flexibility index (Phi) is 7.40. The summed E-state index contributed by atoms with van der Waals surface area (Å²) in [6.07, 6.45) is 0. The molecule has 4 atom stereocenters. The number of amides is 3. The fourth-order valence-electron chi connectivity index (χ4n) is 4.51. The first-order chi connectivity index (χ1) is 17.9. The van der Waals surface area contributed by atoms with E-state index in [0.717, 1.165) is 12.1 Å². The number of nitrogens with one attached hydrogen (secondary N) is 4. The number of rotatable bonds is 8. The summed E-state index contributed by atoms with van der Waals surface area (Å²) in [5.74, 6) is -5.17. The Labute approximate surface area is 220 Å². The molecule has 0 spiro atoms. The second kappa shape index (κ2) is 10.4. The molecule has 2 aromatic carbocycles. The van der Waals surface area contributed by atoms with Crippen LogP contribution in [-0.2, 0) is 19.2 Å². The number of carbonyl (C=O) groups excluding carboxylic acids is 3. The molecule has 0 bridgehead atoms. The maximum absolute atomic E-state index is 13.4. The van der Waals surface area contributed by atoms with Crippen LogP contribution in [0.1, 0.15) is 31.0 Å². The molecule has 2 aliphatic heterocycles. The molecule has 0 aliphatic carbocycles. The molecule has 0 radical (unpaired) electrons. The van der Waals surface area contributed by atoms with Crippen molar-refractivity contribution in [2.75, 3.05) is 6.54 Å². The van der Waals surface area contributed by atoms with Crippen LogP contribution in [0.15, 0.2) is 48.5 Å². The smallest absolute Gasteiger partial charge is 0.327 e. The summed E-state index contributed by atoms with van der Waals surface area (Å²) in [6.45, 7) is 2.96. The Hall–Kier alpha value is -4.00. The van der Waals surface area contributed by atoms with E-state index in [1.807, 2.05) is 0 Å². The Morgan fingerprint density at radius 2 is 1.76 bits per heavy atom. The minimum Gasteiger partial charge on any atom is -0.480 e. The van der Waals surface area contributed by atoms with E-state index in [1.165, 1.54) is 16.7 Å². The third kappa shape index (κ3) is 5.32. The average Bonchev–Trinajstić information content (AvgIpc) is 3.12. The van der Waals surface area contributed by atoms with Crippen molar-refractivity contribution in [1.82, 2.24) is 20.9 Å². The zero-order chi connectivity index (χ0) is 27.8. The molecular formula is C25H25F2N5O5S. The lowest BCUT2D eigenvalue weighted by atomic mass is 9.95. The van der Waals surface area contributed by atoms with Crippen molar-refractivity contribution in [3.8, 4) is 0 Å². The van der Waals surface area contributed by atoms with Crippen molar-refractivity contribution >= 4 is 41.3 Å². The topological polar surface area (TPSA) is 152 Å². The number of thioether (sulfide) groups is 1. The van der Waals surface area contributed by atoms with Crippen LogP contribution in [-0.4, -0.2) is 68.3 Å². The van der Waals surface area contributed by atoms with Gasteiger partial charge in [0.1, 0.15) is 41.0 Å². The van der Waals surface area contributed by atoms with Crippen LogP contribution in [0.25, 0.3) is 0 Å². The molecule has 0 aromatic heterocycles. The van der Waals surface area contributed by atoms with E-state index in [2.05, 4.69) is 16.0 Å². The Morgan fingerprint density at radius 3 is 2.37 bits per heavy atom. The van der Waals surface area contributed by atoms with Gasteiger partial charge in [-0.2, -0.15) is 0 Å². The highest BCUT2D eigenvalue weighted by Crippen LogP contribution is 2.50. The van der Waals surface area contributed by atoms with Crippen molar-refractivity contribution in [2.24, 2.45) is 0 Å². The average molecular weight is 546 g/mol. The molecule has 2 heterocycles. The molecule has 0 saturated carbocycles. The van der Waals surface area contributed by atoms with Gasteiger partial charge >= 0.3 is 5.97 Å². The Morgan fingerprint density at radius 1 is 1.13 bits per heavy atom. The van der Waals surface area contributed by atoms with Gasteiger partial charge in [-0.05, 0) is 31.5 Å². The number of aliphatic carboxylic acids is 1. The van der Waals surface area contributed by atoms with Crippen LogP contribution in [0, 0.1) is 17.0 Å². The van der Waals surface area contributed by atoms with Gasteiger partial charge in [-0.25, -0.2) is 13.6 Å². The van der Waals surface area contributed by atoms with Crippen LogP contribution in [0.4, 0.5) is 8.78 Å². The Balaban J connectivity index is 1.43. The van der Waals surface area contributed by atoms with E-state index < -0.39 is 76.0 Å². The second-order valence-corrected chi connectivity index (χ2v) is 11.2. The number of hydrogen-bond donors (Lipinski definition) is 5. The number of carboxylic acid groups (broad SMARTS) is 1.